The summed E-state index contributed by atoms with van der Waals surface area (Å²) in [4.78, 5) is 11.2. The molecule has 3 aromatic rings. The van der Waals surface area contributed by atoms with E-state index in [1.165, 1.54) is 16.5 Å². The Morgan fingerprint density at radius 1 is 1.00 bits per heavy atom. The second-order valence-electron chi connectivity index (χ2n) is 4.76. The Balaban J connectivity index is 1.90. The number of aromatic nitrogens is 1. The van der Waals surface area contributed by atoms with Crippen LogP contribution in [0.3, 0.4) is 0 Å². The molecule has 0 atom stereocenters. The Morgan fingerprint density at radius 2 is 1.74 bits per heavy atom. The lowest BCUT2D eigenvalue weighted by molar-refractivity contribution is 0.101. The molecule has 0 saturated carbocycles. The standard InChI is InChI=1S/C17H15NO/c1-13(19)15-8-6-14(7-9-15)12-18-11-10-16-4-2-3-5-17(16)18/h2-11H,12H2,1H3. The van der Waals surface area contributed by atoms with Crippen LogP contribution in [0.15, 0.2) is 60.8 Å². The molecule has 0 radical (unpaired) electrons. The van der Waals surface area contributed by atoms with Gasteiger partial charge in [0.25, 0.3) is 0 Å². The summed E-state index contributed by atoms with van der Waals surface area (Å²) in [5.41, 5.74) is 3.20. The monoisotopic (exact) mass is 249 g/mol. The van der Waals surface area contributed by atoms with Gasteiger partial charge in [-0.15, -0.1) is 0 Å². The van der Waals surface area contributed by atoms with Gasteiger partial charge in [-0.2, -0.15) is 0 Å². The zero-order valence-electron chi connectivity index (χ0n) is 10.8. The number of hydrogen-bond acceptors (Lipinski definition) is 1. The van der Waals surface area contributed by atoms with Crippen molar-refractivity contribution in [2.45, 2.75) is 13.5 Å². The number of rotatable bonds is 3. The molecule has 0 amide bonds. The van der Waals surface area contributed by atoms with E-state index in [4.69, 9.17) is 0 Å². The van der Waals surface area contributed by atoms with Crippen LogP contribution in [0.25, 0.3) is 10.9 Å². The number of ketones is 1. The first-order chi connectivity index (χ1) is 9.24. The van der Waals surface area contributed by atoms with Crippen LogP contribution in [0, 0.1) is 0 Å². The lowest BCUT2D eigenvalue weighted by atomic mass is 10.1. The fourth-order valence-electron chi connectivity index (χ4n) is 2.32. The molecule has 0 aliphatic heterocycles. The van der Waals surface area contributed by atoms with Gasteiger partial charge in [0.15, 0.2) is 5.78 Å². The van der Waals surface area contributed by atoms with Crippen LogP contribution in [0.5, 0.6) is 0 Å². The summed E-state index contributed by atoms with van der Waals surface area (Å²) < 4.78 is 2.22. The zero-order valence-corrected chi connectivity index (χ0v) is 10.8. The molecule has 1 aromatic heterocycles. The fourth-order valence-corrected chi connectivity index (χ4v) is 2.32. The van der Waals surface area contributed by atoms with Crippen molar-refractivity contribution in [3.8, 4) is 0 Å². The van der Waals surface area contributed by atoms with E-state index in [1.54, 1.807) is 6.92 Å². The highest BCUT2D eigenvalue weighted by molar-refractivity contribution is 5.94. The summed E-state index contributed by atoms with van der Waals surface area (Å²) >= 11 is 0. The Labute approximate surface area is 112 Å². The van der Waals surface area contributed by atoms with Crippen molar-refractivity contribution >= 4 is 16.7 Å². The minimum absolute atomic E-state index is 0.109. The van der Waals surface area contributed by atoms with Crippen molar-refractivity contribution < 1.29 is 4.79 Å². The highest BCUT2D eigenvalue weighted by Crippen LogP contribution is 2.17. The van der Waals surface area contributed by atoms with Crippen LogP contribution in [0.4, 0.5) is 0 Å². The molecule has 2 heteroatoms. The van der Waals surface area contributed by atoms with E-state index in [2.05, 4.69) is 35.0 Å². The van der Waals surface area contributed by atoms with Crippen LogP contribution in [-0.2, 0) is 6.54 Å². The van der Waals surface area contributed by atoms with Gasteiger partial charge >= 0.3 is 0 Å². The second-order valence-corrected chi connectivity index (χ2v) is 4.76. The normalized spacial score (nSPS) is 10.8. The SMILES string of the molecule is CC(=O)c1ccc(Cn2ccc3ccccc32)cc1. The highest BCUT2D eigenvalue weighted by atomic mass is 16.1. The van der Waals surface area contributed by atoms with Gasteiger partial charge in [0, 0.05) is 23.8 Å². The van der Waals surface area contributed by atoms with Crippen molar-refractivity contribution in [2.24, 2.45) is 0 Å². The molecule has 94 valence electrons. The summed E-state index contributed by atoms with van der Waals surface area (Å²) in [5.74, 6) is 0.109. The average Bonchev–Trinajstić information content (AvgIpc) is 2.83. The van der Waals surface area contributed by atoms with Crippen LogP contribution < -0.4 is 0 Å². The van der Waals surface area contributed by atoms with Crippen LogP contribution in [-0.4, -0.2) is 10.4 Å². The van der Waals surface area contributed by atoms with Crippen LogP contribution >= 0.6 is 0 Å². The molecular formula is C17H15NO. The zero-order chi connectivity index (χ0) is 13.2. The number of para-hydroxylation sites is 1. The highest BCUT2D eigenvalue weighted by Gasteiger charge is 2.02. The molecule has 0 unspecified atom stereocenters. The van der Waals surface area contributed by atoms with Gasteiger partial charge in [-0.3, -0.25) is 4.79 Å². The van der Waals surface area contributed by atoms with Crippen LogP contribution in [0.2, 0.25) is 0 Å². The topological polar surface area (TPSA) is 22.0 Å². The minimum atomic E-state index is 0.109. The van der Waals surface area contributed by atoms with Crippen molar-refractivity contribution in [1.82, 2.24) is 4.57 Å². The Kier molecular flexibility index (Phi) is 2.92. The predicted octanol–water partition coefficient (Wildman–Crippen LogP) is 3.89. The predicted molar refractivity (Wildman–Crippen MR) is 77.5 cm³/mol. The third-order valence-corrected chi connectivity index (χ3v) is 3.39. The maximum atomic E-state index is 11.2. The third-order valence-electron chi connectivity index (χ3n) is 3.39. The number of carbonyl (C=O) groups is 1. The third kappa shape index (κ3) is 2.29. The van der Waals surface area contributed by atoms with Gasteiger partial charge in [0.2, 0.25) is 0 Å². The molecule has 0 aliphatic rings. The molecule has 1 heterocycles. The van der Waals surface area contributed by atoms with Gasteiger partial charge in [-0.05, 0) is 30.0 Å². The van der Waals surface area contributed by atoms with Gasteiger partial charge in [-0.1, -0.05) is 42.5 Å². The summed E-state index contributed by atoms with van der Waals surface area (Å²) in [6.45, 7) is 2.42. The first-order valence-electron chi connectivity index (χ1n) is 6.38. The number of nitrogens with zero attached hydrogens (tertiary/aromatic N) is 1. The molecule has 2 aromatic carbocycles. The molecule has 3 rings (SSSR count). The van der Waals surface area contributed by atoms with Gasteiger partial charge < -0.3 is 4.57 Å². The van der Waals surface area contributed by atoms with Crippen LogP contribution in [0.1, 0.15) is 22.8 Å². The van der Waals surface area contributed by atoms with Gasteiger partial charge in [0.05, 0.1) is 0 Å². The van der Waals surface area contributed by atoms with E-state index >= 15 is 0 Å². The molecule has 0 fully saturated rings. The molecule has 0 saturated heterocycles. The molecule has 2 nitrogen and oxygen atoms in total. The maximum Gasteiger partial charge on any atom is 0.159 e. The number of carbonyl (C=O) groups excluding carboxylic acids is 1. The van der Waals surface area contributed by atoms with Gasteiger partial charge in [0.1, 0.15) is 0 Å². The first kappa shape index (κ1) is 11.7. The van der Waals surface area contributed by atoms with E-state index < -0.39 is 0 Å². The maximum absolute atomic E-state index is 11.2. The van der Waals surface area contributed by atoms with Gasteiger partial charge in [-0.25, -0.2) is 0 Å². The van der Waals surface area contributed by atoms with E-state index in [9.17, 15) is 4.79 Å². The summed E-state index contributed by atoms with van der Waals surface area (Å²) in [6.07, 6.45) is 2.10. The Bertz CT molecular complexity index is 722. The number of fused-ring (bicyclic) bond motifs is 1. The molecule has 0 N–H and O–H groups in total. The van der Waals surface area contributed by atoms with E-state index in [0.29, 0.717) is 0 Å². The number of hydrogen-bond donors (Lipinski definition) is 0. The molecule has 0 bridgehead atoms. The largest absolute Gasteiger partial charge is 0.343 e. The summed E-state index contributed by atoms with van der Waals surface area (Å²) in [7, 11) is 0. The second kappa shape index (κ2) is 4.73. The molecular weight excluding hydrogens is 234 g/mol. The van der Waals surface area contributed by atoms with E-state index in [-0.39, 0.29) is 5.78 Å². The van der Waals surface area contributed by atoms with Crippen molar-refractivity contribution in [3.05, 3.63) is 71.9 Å². The quantitative estimate of drug-likeness (QED) is 0.645. The van der Waals surface area contributed by atoms with E-state index in [1.807, 2.05) is 30.3 Å². The average molecular weight is 249 g/mol. The van der Waals surface area contributed by atoms with E-state index in [0.717, 1.165) is 12.1 Å². The Morgan fingerprint density at radius 3 is 2.47 bits per heavy atom. The Hall–Kier alpha value is -2.35. The number of benzene rings is 2. The number of Topliss-reactive ketones (excluding diaryl/α,β-unsaturated/α-hetero) is 1. The molecule has 0 aliphatic carbocycles. The summed E-state index contributed by atoms with van der Waals surface area (Å²) in [5, 5.41) is 1.25. The molecule has 0 spiro atoms. The fraction of sp³-hybridized carbons (Fsp3) is 0.118. The lowest BCUT2D eigenvalue weighted by Crippen LogP contribution is -1.99. The van der Waals surface area contributed by atoms with Crippen molar-refractivity contribution in [1.29, 1.82) is 0 Å². The van der Waals surface area contributed by atoms with Crippen molar-refractivity contribution in [3.63, 3.8) is 0 Å². The minimum Gasteiger partial charge on any atom is -0.343 e. The van der Waals surface area contributed by atoms with Crippen molar-refractivity contribution in [2.75, 3.05) is 0 Å². The molecule has 19 heavy (non-hydrogen) atoms. The smallest absolute Gasteiger partial charge is 0.159 e. The lowest BCUT2D eigenvalue weighted by Gasteiger charge is -2.06. The summed E-state index contributed by atoms with van der Waals surface area (Å²) in [6, 6.07) is 18.3. The first-order valence-corrected chi connectivity index (χ1v) is 6.38.